The number of hydrogen-bond donors (Lipinski definition) is 1. The van der Waals surface area contributed by atoms with Crippen LogP contribution in [0.15, 0.2) is 37.1 Å². The van der Waals surface area contributed by atoms with Crippen molar-refractivity contribution in [3.05, 3.63) is 57.3 Å². The van der Waals surface area contributed by atoms with Gasteiger partial charge in [-0.2, -0.15) is 5.10 Å². The van der Waals surface area contributed by atoms with E-state index in [0.29, 0.717) is 20.3 Å². The average Bonchev–Trinajstić information content (AvgIpc) is 3.52. The Morgan fingerprint density at radius 3 is 2.76 bits per heavy atom. The monoisotopic (exact) mass is 500 g/mol. The zero-order valence-electron chi connectivity index (χ0n) is 17.5. The number of thiophene rings is 1. The number of fused-ring (bicyclic) bond motifs is 1. The summed E-state index contributed by atoms with van der Waals surface area (Å²) in [6.07, 6.45) is 9.24. The second-order valence-corrected chi connectivity index (χ2v) is 10.7. The van der Waals surface area contributed by atoms with Crippen molar-refractivity contribution in [2.75, 3.05) is 26.2 Å². The number of hydrogen-bond acceptors (Lipinski definition) is 6. The van der Waals surface area contributed by atoms with Crippen LogP contribution < -0.4 is 0 Å². The molecule has 0 aliphatic carbocycles. The fourth-order valence-electron chi connectivity index (χ4n) is 4.64. The van der Waals surface area contributed by atoms with Gasteiger partial charge in [-0.15, -0.1) is 11.3 Å². The molecule has 33 heavy (non-hydrogen) atoms. The molecule has 2 saturated heterocycles. The fraction of sp³-hybridized carbons (Fsp3) is 0.318. The topological polar surface area (TPSA) is 82.9 Å². The average molecular weight is 501 g/mol. The first-order chi connectivity index (χ1) is 16.1. The highest BCUT2D eigenvalue weighted by molar-refractivity contribution is 7.20. The summed E-state index contributed by atoms with van der Waals surface area (Å²) >= 11 is 13.4. The molecule has 0 unspecified atom stereocenters. The standard InChI is InChI=1S/C22H20Cl2N7OS/c23-18-7-17(20(24)33-18)22(32)29-5-2-14(3-6-29)30-10-15(11-30)31-9-13(8-28-31)19-16-1-4-25-21(16)27-12-26-19/h1,4,7-9,12,14H,2-3,5-6,10-11H2,(H,25,26,27). The van der Waals surface area contributed by atoms with E-state index in [2.05, 4.69) is 25.0 Å². The van der Waals surface area contributed by atoms with Gasteiger partial charge in [-0.3, -0.25) is 14.4 Å². The molecule has 1 amide bonds. The molecule has 8 nitrogen and oxygen atoms in total. The highest BCUT2D eigenvalue weighted by Gasteiger charge is 2.37. The number of nitrogens with one attached hydrogen (secondary N) is 1. The van der Waals surface area contributed by atoms with E-state index in [1.165, 1.54) is 17.4 Å². The summed E-state index contributed by atoms with van der Waals surface area (Å²) in [5.74, 6) is -0.0252. The molecule has 169 valence electrons. The number of aromatic nitrogens is 5. The number of rotatable bonds is 4. The number of aromatic amines is 1. The number of halogens is 2. The fourth-order valence-corrected chi connectivity index (χ4v) is 6.08. The molecule has 2 aliphatic heterocycles. The molecule has 6 heterocycles. The molecular formula is C22H20Cl2N7OS. The predicted octanol–water partition coefficient (Wildman–Crippen LogP) is 4.19. The van der Waals surface area contributed by atoms with E-state index in [4.69, 9.17) is 23.2 Å². The third-order valence-electron chi connectivity index (χ3n) is 6.46. The number of carbonyl (C=O) groups is 1. The number of carbonyl (C=O) groups excluding carboxylic acids is 1. The Balaban J connectivity index is 1.05. The van der Waals surface area contributed by atoms with Crippen molar-refractivity contribution in [2.45, 2.75) is 18.9 Å². The highest BCUT2D eigenvalue weighted by atomic mass is 35.5. The molecule has 2 fully saturated rings. The van der Waals surface area contributed by atoms with Crippen LogP contribution in [0.2, 0.25) is 8.67 Å². The second kappa shape index (κ2) is 8.39. The zero-order chi connectivity index (χ0) is 22.5. The molecule has 11 heteroatoms. The SMILES string of the molecule is O=C(c1cc(Cl)sc1Cl)N1CCC(N2C[C](n3cc(-c4ncnc5[nH]ccc45)cn3)C2)CC1. The van der Waals surface area contributed by atoms with Crippen LogP contribution in [0.3, 0.4) is 0 Å². The molecule has 0 atom stereocenters. The predicted molar refractivity (Wildman–Crippen MR) is 129 cm³/mol. The van der Waals surface area contributed by atoms with Gasteiger partial charge >= 0.3 is 0 Å². The van der Waals surface area contributed by atoms with Crippen LogP contribution in [0.5, 0.6) is 0 Å². The second-order valence-electron chi connectivity index (χ2n) is 8.37. The minimum absolute atomic E-state index is 0.0252. The van der Waals surface area contributed by atoms with Crippen molar-refractivity contribution in [3.8, 4) is 11.3 Å². The minimum Gasteiger partial charge on any atom is -0.346 e. The summed E-state index contributed by atoms with van der Waals surface area (Å²) < 4.78 is 2.97. The number of H-pyrrole nitrogens is 1. The van der Waals surface area contributed by atoms with Crippen molar-refractivity contribution in [1.82, 2.24) is 34.5 Å². The smallest absolute Gasteiger partial charge is 0.256 e. The summed E-state index contributed by atoms with van der Waals surface area (Å²) in [6, 6.07) is 5.38. The van der Waals surface area contributed by atoms with Gasteiger partial charge in [0, 0.05) is 55.6 Å². The van der Waals surface area contributed by atoms with Crippen molar-refractivity contribution in [1.29, 1.82) is 0 Å². The van der Waals surface area contributed by atoms with Gasteiger partial charge in [0.25, 0.3) is 5.91 Å². The molecular weight excluding hydrogens is 481 g/mol. The van der Waals surface area contributed by atoms with Crippen LogP contribution in [-0.4, -0.2) is 72.7 Å². The van der Waals surface area contributed by atoms with E-state index in [9.17, 15) is 4.79 Å². The van der Waals surface area contributed by atoms with Crippen molar-refractivity contribution >= 4 is 51.5 Å². The van der Waals surface area contributed by atoms with Gasteiger partial charge in [0.15, 0.2) is 0 Å². The number of likely N-dealkylation sites (tertiary alicyclic amines) is 2. The van der Waals surface area contributed by atoms with Crippen LogP contribution >= 0.6 is 34.5 Å². The van der Waals surface area contributed by atoms with Crippen molar-refractivity contribution in [2.24, 2.45) is 0 Å². The number of nitrogens with zero attached hydrogens (tertiary/aromatic N) is 6. The van der Waals surface area contributed by atoms with Crippen molar-refractivity contribution < 1.29 is 4.79 Å². The summed E-state index contributed by atoms with van der Waals surface area (Å²) in [4.78, 5) is 28.9. The molecule has 1 radical (unpaired) electrons. The van der Waals surface area contributed by atoms with Gasteiger partial charge in [0.2, 0.25) is 0 Å². The molecule has 2 aliphatic rings. The first kappa shape index (κ1) is 21.1. The largest absolute Gasteiger partial charge is 0.346 e. The van der Waals surface area contributed by atoms with Gasteiger partial charge in [-0.1, -0.05) is 23.2 Å². The molecule has 4 aromatic heterocycles. The van der Waals surface area contributed by atoms with Gasteiger partial charge in [-0.05, 0) is 25.0 Å². The van der Waals surface area contributed by atoms with Gasteiger partial charge < -0.3 is 9.88 Å². The zero-order valence-corrected chi connectivity index (χ0v) is 19.9. The lowest BCUT2D eigenvalue weighted by atomic mass is 9.97. The van der Waals surface area contributed by atoms with Crippen LogP contribution in [0.4, 0.5) is 0 Å². The third-order valence-corrected chi connectivity index (χ3v) is 7.95. The molecule has 6 rings (SSSR count). The molecule has 0 spiro atoms. The third kappa shape index (κ3) is 3.82. The normalized spacial score (nSPS) is 18.2. The van der Waals surface area contributed by atoms with E-state index in [1.807, 2.05) is 34.2 Å². The molecule has 1 N–H and O–H groups in total. The van der Waals surface area contributed by atoms with Gasteiger partial charge in [0.05, 0.1) is 21.8 Å². The van der Waals surface area contributed by atoms with Gasteiger partial charge in [-0.25, -0.2) is 9.97 Å². The lowest BCUT2D eigenvalue weighted by Crippen LogP contribution is -2.56. The Kier molecular flexibility index (Phi) is 5.37. The summed E-state index contributed by atoms with van der Waals surface area (Å²) in [6.45, 7) is 3.22. The van der Waals surface area contributed by atoms with Gasteiger partial charge in [0.1, 0.15) is 22.4 Å². The van der Waals surface area contributed by atoms with E-state index < -0.39 is 0 Å². The summed E-state index contributed by atoms with van der Waals surface area (Å²) in [5, 5.41) is 5.56. The first-order valence-corrected chi connectivity index (χ1v) is 12.3. The molecule has 0 bridgehead atoms. The number of piperidine rings is 1. The van der Waals surface area contributed by atoms with E-state index in [0.717, 1.165) is 61.3 Å². The maximum absolute atomic E-state index is 12.8. The minimum atomic E-state index is -0.0252. The van der Waals surface area contributed by atoms with Crippen LogP contribution in [0.25, 0.3) is 22.3 Å². The summed E-state index contributed by atoms with van der Waals surface area (Å²) in [7, 11) is 0. The molecule has 0 saturated carbocycles. The lowest BCUT2D eigenvalue weighted by Gasteiger charge is -2.46. The maximum atomic E-state index is 12.8. The Bertz CT molecular complexity index is 1320. The Morgan fingerprint density at radius 1 is 1.18 bits per heavy atom. The van der Waals surface area contributed by atoms with Crippen LogP contribution in [0, 0.1) is 6.04 Å². The van der Waals surface area contributed by atoms with Crippen molar-refractivity contribution in [3.63, 3.8) is 0 Å². The van der Waals surface area contributed by atoms with Crippen LogP contribution in [0.1, 0.15) is 23.2 Å². The quantitative estimate of drug-likeness (QED) is 0.454. The first-order valence-electron chi connectivity index (χ1n) is 10.7. The molecule has 0 aromatic carbocycles. The Hall–Kier alpha value is -2.46. The number of amides is 1. The van der Waals surface area contributed by atoms with E-state index >= 15 is 0 Å². The summed E-state index contributed by atoms with van der Waals surface area (Å²) in [5.41, 5.74) is 3.20. The Labute approximate surface area is 204 Å². The highest BCUT2D eigenvalue weighted by Crippen LogP contribution is 2.34. The van der Waals surface area contributed by atoms with E-state index in [1.54, 1.807) is 12.4 Å². The lowest BCUT2D eigenvalue weighted by molar-refractivity contribution is 0.0515. The molecule has 4 aromatic rings. The maximum Gasteiger partial charge on any atom is 0.256 e. The van der Waals surface area contributed by atoms with E-state index in [-0.39, 0.29) is 5.91 Å². The Morgan fingerprint density at radius 2 is 2.00 bits per heavy atom. The van der Waals surface area contributed by atoms with Crippen LogP contribution in [-0.2, 0) is 0 Å².